The van der Waals surface area contributed by atoms with Crippen LogP contribution in [-0.2, 0) is 27.8 Å². The van der Waals surface area contributed by atoms with Gasteiger partial charge in [0.1, 0.15) is 5.69 Å². The highest BCUT2D eigenvalue weighted by atomic mass is 32.2. The predicted octanol–water partition coefficient (Wildman–Crippen LogP) is 1.87. The van der Waals surface area contributed by atoms with Gasteiger partial charge in [0.25, 0.3) is 5.56 Å². The average Bonchev–Trinajstić information content (AvgIpc) is 3.31. The van der Waals surface area contributed by atoms with E-state index in [0.29, 0.717) is 18.7 Å². The Bertz CT molecular complexity index is 1360. The Hall–Kier alpha value is -2.89. The van der Waals surface area contributed by atoms with Gasteiger partial charge in [0.2, 0.25) is 15.9 Å². The van der Waals surface area contributed by atoms with Crippen LogP contribution >= 0.6 is 11.3 Å². The van der Waals surface area contributed by atoms with Crippen molar-refractivity contribution in [3.63, 3.8) is 0 Å². The van der Waals surface area contributed by atoms with Crippen molar-refractivity contribution >= 4 is 33.0 Å². The van der Waals surface area contributed by atoms with Gasteiger partial charge in [0.15, 0.2) is 0 Å². The molecule has 9 nitrogen and oxygen atoms in total. The minimum absolute atomic E-state index is 0.00997. The molecule has 3 heterocycles. The van der Waals surface area contributed by atoms with Crippen molar-refractivity contribution in [3.05, 3.63) is 57.0 Å². The lowest BCUT2D eigenvalue weighted by Gasteiger charge is -2.15. The highest BCUT2D eigenvalue weighted by molar-refractivity contribution is 7.89. The third kappa shape index (κ3) is 4.36. The summed E-state index contributed by atoms with van der Waals surface area (Å²) >= 11 is 1.49. The summed E-state index contributed by atoms with van der Waals surface area (Å²) in [6.07, 6.45) is 0.612. The summed E-state index contributed by atoms with van der Waals surface area (Å²) in [6, 6.07) is 7.82. The lowest BCUT2D eigenvalue weighted by atomic mass is 10.2. The van der Waals surface area contributed by atoms with E-state index in [1.54, 1.807) is 23.1 Å². The van der Waals surface area contributed by atoms with E-state index in [2.05, 4.69) is 14.8 Å². The summed E-state index contributed by atoms with van der Waals surface area (Å²) < 4.78 is 29.3. The number of hydrogen-bond acceptors (Lipinski definition) is 7. The van der Waals surface area contributed by atoms with E-state index in [1.807, 2.05) is 13.8 Å². The number of nitrogens with one attached hydrogen (secondary N) is 1. The standard InChI is InChI=1S/C21H23N5O4S2/c1-13-21(31-14(2)23-13)18-5-7-20(28)26(24-18)11-9-22-32(29,30)17-4-6-19-16(12-17)8-10-25(19)15(3)27/h4-7,12,22H,8-11H2,1-3H3. The molecule has 1 aliphatic heterocycles. The zero-order valence-electron chi connectivity index (χ0n) is 18.0. The van der Waals surface area contributed by atoms with Gasteiger partial charge in [-0.15, -0.1) is 11.3 Å². The molecule has 1 N–H and O–H groups in total. The van der Waals surface area contributed by atoms with E-state index in [0.717, 1.165) is 26.8 Å². The molecule has 0 spiro atoms. The number of aryl methyl sites for hydroxylation is 2. The second-order valence-corrected chi connectivity index (χ2v) is 10.5. The van der Waals surface area contributed by atoms with Crippen LogP contribution in [0.15, 0.2) is 40.0 Å². The molecular weight excluding hydrogens is 450 g/mol. The monoisotopic (exact) mass is 473 g/mol. The highest BCUT2D eigenvalue weighted by Crippen LogP contribution is 2.30. The molecule has 168 valence electrons. The number of hydrogen-bond donors (Lipinski definition) is 1. The molecule has 1 aromatic carbocycles. The first-order valence-corrected chi connectivity index (χ1v) is 12.4. The Morgan fingerprint density at radius 1 is 1.22 bits per heavy atom. The summed E-state index contributed by atoms with van der Waals surface area (Å²) in [4.78, 5) is 30.9. The number of nitrogens with zero attached hydrogens (tertiary/aromatic N) is 4. The van der Waals surface area contributed by atoms with Crippen LogP contribution in [0.5, 0.6) is 0 Å². The van der Waals surface area contributed by atoms with Crippen molar-refractivity contribution in [2.45, 2.75) is 38.6 Å². The largest absolute Gasteiger partial charge is 0.312 e. The van der Waals surface area contributed by atoms with Crippen molar-refractivity contribution in [3.8, 4) is 10.6 Å². The van der Waals surface area contributed by atoms with Crippen LogP contribution in [0.4, 0.5) is 5.69 Å². The number of amides is 1. The first kappa shape index (κ1) is 22.3. The molecule has 0 aliphatic carbocycles. The zero-order chi connectivity index (χ0) is 23.0. The van der Waals surface area contributed by atoms with E-state index in [4.69, 9.17) is 0 Å². The number of sulfonamides is 1. The van der Waals surface area contributed by atoms with Crippen molar-refractivity contribution in [2.75, 3.05) is 18.0 Å². The fourth-order valence-corrected chi connectivity index (χ4v) is 5.70. The Morgan fingerprint density at radius 2 is 2.00 bits per heavy atom. The smallest absolute Gasteiger partial charge is 0.266 e. The number of carbonyl (C=O) groups excluding carboxylic acids is 1. The summed E-state index contributed by atoms with van der Waals surface area (Å²) in [6.45, 7) is 5.93. The normalized spacial score (nSPS) is 13.4. The second-order valence-electron chi connectivity index (χ2n) is 7.54. The van der Waals surface area contributed by atoms with Crippen LogP contribution < -0.4 is 15.2 Å². The van der Waals surface area contributed by atoms with Crippen molar-refractivity contribution in [2.24, 2.45) is 0 Å². The number of aromatic nitrogens is 3. The Balaban J connectivity index is 1.48. The third-order valence-corrected chi connectivity index (χ3v) is 7.81. The average molecular weight is 474 g/mol. The van der Waals surface area contributed by atoms with Gasteiger partial charge in [-0.25, -0.2) is 22.8 Å². The maximum Gasteiger partial charge on any atom is 0.266 e. The molecule has 11 heteroatoms. The SMILES string of the molecule is CC(=O)N1CCc2cc(S(=O)(=O)NCCn3nc(-c4sc(C)nc4C)ccc3=O)ccc21. The van der Waals surface area contributed by atoms with Crippen LogP contribution in [0, 0.1) is 13.8 Å². The third-order valence-electron chi connectivity index (χ3n) is 5.26. The summed E-state index contributed by atoms with van der Waals surface area (Å²) in [5.74, 6) is -0.0682. The van der Waals surface area contributed by atoms with Gasteiger partial charge in [-0.2, -0.15) is 5.10 Å². The van der Waals surface area contributed by atoms with E-state index < -0.39 is 10.0 Å². The molecule has 0 unspecified atom stereocenters. The van der Waals surface area contributed by atoms with E-state index in [9.17, 15) is 18.0 Å². The fraction of sp³-hybridized carbons (Fsp3) is 0.333. The molecule has 0 bridgehead atoms. The van der Waals surface area contributed by atoms with Crippen molar-refractivity contribution in [1.82, 2.24) is 19.5 Å². The fourth-order valence-electron chi connectivity index (χ4n) is 3.74. The number of fused-ring (bicyclic) bond motifs is 1. The van der Waals surface area contributed by atoms with Gasteiger partial charge in [-0.1, -0.05) is 0 Å². The first-order valence-electron chi connectivity index (χ1n) is 10.1. The molecule has 1 aliphatic rings. The maximum atomic E-state index is 12.8. The summed E-state index contributed by atoms with van der Waals surface area (Å²) in [5.41, 5.74) is 2.73. The number of anilines is 1. The lowest BCUT2D eigenvalue weighted by Crippen LogP contribution is -2.32. The molecule has 0 saturated carbocycles. The maximum absolute atomic E-state index is 12.8. The minimum atomic E-state index is -3.77. The van der Waals surface area contributed by atoms with E-state index >= 15 is 0 Å². The van der Waals surface area contributed by atoms with Crippen molar-refractivity contribution < 1.29 is 13.2 Å². The zero-order valence-corrected chi connectivity index (χ0v) is 19.6. The quantitative estimate of drug-likeness (QED) is 0.585. The molecule has 1 amide bonds. The highest BCUT2D eigenvalue weighted by Gasteiger charge is 2.24. The van der Waals surface area contributed by atoms with Gasteiger partial charge >= 0.3 is 0 Å². The Morgan fingerprint density at radius 3 is 2.69 bits per heavy atom. The van der Waals surface area contributed by atoms with Crippen LogP contribution in [0.1, 0.15) is 23.2 Å². The van der Waals surface area contributed by atoms with Crippen molar-refractivity contribution in [1.29, 1.82) is 0 Å². The Labute approximate surface area is 189 Å². The predicted molar refractivity (Wildman–Crippen MR) is 122 cm³/mol. The molecular formula is C21H23N5O4S2. The number of rotatable bonds is 6. The minimum Gasteiger partial charge on any atom is -0.312 e. The van der Waals surface area contributed by atoms with Crippen LogP contribution in [-0.4, -0.2) is 42.2 Å². The van der Waals surface area contributed by atoms with Gasteiger partial charge in [-0.05, 0) is 50.1 Å². The molecule has 0 saturated heterocycles. The molecule has 0 radical (unpaired) electrons. The van der Waals surface area contributed by atoms with E-state index in [-0.39, 0.29) is 29.5 Å². The lowest BCUT2D eigenvalue weighted by molar-refractivity contribution is -0.116. The van der Waals surface area contributed by atoms with Gasteiger partial charge in [0, 0.05) is 31.8 Å². The topological polar surface area (TPSA) is 114 Å². The number of thiazole rings is 1. The van der Waals surface area contributed by atoms with E-state index in [1.165, 1.54) is 35.1 Å². The number of benzene rings is 1. The second kappa shape index (κ2) is 8.57. The molecule has 32 heavy (non-hydrogen) atoms. The van der Waals surface area contributed by atoms with Crippen LogP contribution in [0.3, 0.4) is 0 Å². The summed E-state index contributed by atoms with van der Waals surface area (Å²) in [7, 11) is -3.77. The Kier molecular flexibility index (Phi) is 5.97. The van der Waals surface area contributed by atoms with Crippen LogP contribution in [0.25, 0.3) is 10.6 Å². The first-order chi connectivity index (χ1) is 15.2. The molecule has 0 fully saturated rings. The van der Waals surface area contributed by atoms with Gasteiger partial charge < -0.3 is 4.90 Å². The summed E-state index contributed by atoms with van der Waals surface area (Å²) in [5, 5.41) is 5.29. The molecule has 4 rings (SSSR count). The molecule has 0 atom stereocenters. The van der Waals surface area contributed by atoms with Crippen LogP contribution in [0.2, 0.25) is 0 Å². The molecule has 2 aromatic heterocycles. The number of carbonyl (C=O) groups is 1. The molecule has 3 aromatic rings. The van der Waals surface area contributed by atoms with Gasteiger partial charge in [-0.3, -0.25) is 9.59 Å². The van der Waals surface area contributed by atoms with Gasteiger partial charge in [0.05, 0.1) is 27.0 Å².